The summed E-state index contributed by atoms with van der Waals surface area (Å²) in [6.45, 7) is 1.07. The lowest BCUT2D eigenvalue weighted by Gasteiger charge is -2.03. The highest BCUT2D eigenvalue weighted by molar-refractivity contribution is 5.92. The Morgan fingerprint density at radius 2 is 2.15 bits per heavy atom. The summed E-state index contributed by atoms with van der Waals surface area (Å²) in [5.41, 5.74) is -1.34. The normalized spacial score (nSPS) is 10.5. The fourth-order valence-electron chi connectivity index (χ4n) is 0.873. The second-order valence-electron chi connectivity index (χ2n) is 2.42. The Labute approximate surface area is 72.4 Å². The van der Waals surface area contributed by atoms with Gasteiger partial charge in [-0.1, -0.05) is 0 Å². The van der Waals surface area contributed by atoms with Gasteiger partial charge >= 0.3 is 0 Å². The average Bonchev–Trinajstić information content (AvgIpc) is 2.03. The number of nitrogens with zero attached hydrogens (tertiary/aromatic N) is 1. The minimum Gasteiger partial charge on any atom is -0.293 e. The topological polar surface area (TPSA) is 30.0 Å². The van der Waals surface area contributed by atoms with Crippen molar-refractivity contribution in [3.05, 3.63) is 29.3 Å². The average molecular weight is 189 g/mol. The number of hydrogen-bond donors (Lipinski definition) is 0. The molecule has 2 nitrogen and oxygen atoms in total. The van der Waals surface area contributed by atoms with Gasteiger partial charge in [-0.05, 0) is 6.07 Å². The number of aromatic nitrogens is 1. The number of halogens is 3. The summed E-state index contributed by atoms with van der Waals surface area (Å²) in [4.78, 5) is 14.1. The lowest BCUT2D eigenvalue weighted by Crippen LogP contribution is -2.04. The van der Waals surface area contributed by atoms with Crippen LogP contribution in [0.5, 0.6) is 0 Å². The van der Waals surface area contributed by atoms with E-state index >= 15 is 0 Å². The minimum absolute atomic E-state index is 0.544. The van der Waals surface area contributed by atoms with Gasteiger partial charge in [-0.25, -0.2) is 13.2 Å². The van der Waals surface area contributed by atoms with Crippen molar-refractivity contribution in [1.82, 2.24) is 4.98 Å². The maximum Gasteiger partial charge on any atom is 0.266 e. The van der Waals surface area contributed by atoms with E-state index in [-0.39, 0.29) is 0 Å². The van der Waals surface area contributed by atoms with Crippen molar-refractivity contribution in [2.24, 2.45) is 0 Å². The Morgan fingerprint density at radius 3 is 2.62 bits per heavy atom. The number of carbonyl (C=O) groups excluding carboxylic acids is 1. The van der Waals surface area contributed by atoms with E-state index in [4.69, 9.17) is 0 Å². The Balaban J connectivity index is 3.26. The molecule has 1 rings (SSSR count). The van der Waals surface area contributed by atoms with E-state index in [2.05, 4.69) is 4.98 Å². The molecule has 70 valence electrons. The predicted molar refractivity (Wildman–Crippen MR) is 39.2 cm³/mol. The third-order valence-electron chi connectivity index (χ3n) is 1.49. The second-order valence-corrected chi connectivity index (χ2v) is 2.42. The standard InChI is InChI=1S/C8H6F3NO/c1-4(13)7-6(9)5(8(10)11)2-3-12-7/h2-3,8H,1H3. The first-order valence-corrected chi connectivity index (χ1v) is 3.47. The molecule has 0 spiro atoms. The molecule has 1 aromatic rings. The van der Waals surface area contributed by atoms with Gasteiger partial charge in [-0.15, -0.1) is 0 Å². The van der Waals surface area contributed by atoms with Gasteiger partial charge in [0.05, 0.1) is 5.56 Å². The summed E-state index contributed by atoms with van der Waals surface area (Å²) in [5.74, 6) is -1.90. The fraction of sp³-hybridized carbons (Fsp3) is 0.250. The first-order valence-electron chi connectivity index (χ1n) is 3.47. The van der Waals surface area contributed by atoms with Gasteiger partial charge in [0, 0.05) is 13.1 Å². The smallest absolute Gasteiger partial charge is 0.266 e. The van der Waals surface area contributed by atoms with Crippen molar-refractivity contribution in [3.63, 3.8) is 0 Å². The molecular formula is C8H6F3NO. The molecular weight excluding hydrogens is 183 g/mol. The van der Waals surface area contributed by atoms with Crippen LogP contribution in [0.15, 0.2) is 12.3 Å². The second kappa shape index (κ2) is 3.55. The highest BCUT2D eigenvalue weighted by Gasteiger charge is 2.18. The zero-order valence-corrected chi connectivity index (χ0v) is 6.72. The molecule has 0 aliphatic rings. The summed E-state index contributed by atoms with van der Waals surface area (Å²) in [6, 6.07) is 0.854. The zero-order chi connectivity index (χ0) is 10.0. The van der Waals surface area contributed by atoms with Crippen LogP contribution in [0.1, 0.15) is 29.4 Å². The Bertz CT molecular complexity index is 338. The molecule has 0 bridgehead atoms. The fourth-order valence-corrected chi connectivity index (χ4v) is 0.873. The van der Waals surface area contributed by atoms with Gasteiger partial charge in [0.2, 0.25) is 0 Å². The lowest BCUT2D eigenvalue weighted by molar-refractivity contribution is 0.100. The molecule has 0 saturated carbocycles. The van der Waals surface area contributed by atoms with Crippen LogP contribution >= 0.6 is 0 Å². The molecule has 5 heteroatoms. The molecule has 1 aromatic heterocycles. The zero-order valence-electron chi connectivity index (χ0n) is 6.72. The summed E-state index contributed by atoms with van der Waals surface area (Å²) < 4.78 is 37.2. The van der Waals surface area contributed by atoms with E-state index in [0.29, 0.717) is 0 Å². The number of Topliss-reactive ketones (excluding diaryl/α,β-unsaturated/α-hetero) is 1. The van der Waals surface area contributed by atoms with Crippen LogP contribution in [-0.4, -0.2) is 10.8 Å². The van der Waals surface area contributed by atoms with Crippen LogP contribution in [0.4, 0.5) is 13.2 Å². The monoisotopic (exact) mass is 189 g/mol. The van der Waals surface area contributed by atoms with Gasteiger partial charge in [0.25, 0.3) is 6.43 Å². The van der Waals surface area contributed by atoms with E-state index in [1.165, 1.54) is 0 Å². The molecule has 0 saturated heterocycles. The molecule has 0 aliphatic heterocycles. The number of alkyl halides is 2. The van der Waals surface area contributed by atoms with Crippen molar-refractivity contribution in [2.45, 2.75) is 13.3 Å². The highest BCUT2D eigenvalue weighted by atomic mass is 19.3. The Hall–Kier alpha value is -1.39. The van der Waals surface area contributed by atoms with Crippen molar-refractivity contribution < 1.29 is 18.0 Å². The third kappa shape index (κ3) is 1.85. The number of rotatable bonds is 2. The van der Waals surface area contributed by atoms with Gasteiger partial charge < -0.3 is 0 Å². The van der Waals surface area contributed by atoms with Crippen molar-refractivity contribution in [2.75, 3.05) is 0 Å². The maximum absolute atomic E-state index is 13.0. The van der Waals surface area contributed by atoms with Crippen LogP contribution < -0.4 is 0 Å². The molecule has 13 heavy (non-hydrogen) atoms. The first kappa shape index (κ1) is 9.70. The van der Waals surface area contributed by atoms with Gasteiger partial charge in [-0.3, -0.25) is 9.78 Å². The molecule has 0 fully saturated rings. The molecule has 0 N–H and O–H groups in total. The maximum atomic E-state index is 13.0. The van der Waals surface area contributed by atoms with E-state index in [9.17, 15) is 18.0 Å². The molecule has 0 atom stereocenters. The van der Waals surface area contributed by atoms with E-state index in [1.54, 1.807) is 0 Å². The highest BCUT2D eigenvalue weighted by Crippen LogP contribution is 2.22. The lowest BCUT2D eigenvalue weighted by atomic mass is 10.2. The van der Waals surface area contributed by atoms with Crippen LogP contribution in [0.25, 0.3) is 0 Å². The van der Waals surface area contributed by atoms with Crippen LogP contribution in [-0.2, 0) is 0 Å². The van der Waals surface area contributed by atoms with Gasteiger partial charge in [-0.2, -0.15) is 0 Å². The summed E-state index contributed by atoms with van der Waals surface area (Å²) >= 11 is 0. The van der Waals surface area contributed by atoms with E-state index in [1.807, 2.05) is 0 Å². The minimum atomic E-state index is -2.93. The number of carbonyl (C=O) groups is 1. The third-order valence-corrected chi connectivity index (χ3v) is 1.49. The van der Waals surface area contributed by atoms with Crippen LogP contribution in [0, 0.1) is 5.82 Å². The quantitative estimate of drug-likeness (QED) is 0.668. The Morgan fingerprint density at radius 1 is 1.54 bits per heavy atom. The number of pyridine rings is 1. The van der Waals surface area contributed by atoms with Crippen molar-refractivity contribution in [1.29, 1.82) is 0 Å². The van der Waals surface area contributed by atoms with E-state index in [0.717, 1.165) is 19.2 Å². The van der Waals surface area contributed by atoms with Crippen molar-refractivity contribution >= 4 is 5.78 Å². The molecule has 0 radical (unpaired) electrons. The Kier molecular flexibility index (Phi) is 2.65. The van der Waals surface area contributed by atoms with Crippen molar-refractivity contribution in [3.8, 4) is 0 Å². The van der Waals surface area contributed by atoms with Crippen LogP contribution in [0.2, 0.25) is 0 Å². The molecule has 0 unspecified atom stereocenters. The molecule has 0 aromatic carbocycles. The summed E-state index contributed by atoms with van der Waals surface area (Å²) in [7, 11) is 0. The first-order chi connectivity index (χ1) is 6.04. The van der Waals surface area contributed by atoms with Gasteiger partial charge in [0.15, 0.2) is 11.6 Å². The predicted octanol–water partition coefficient (Wildman–Crippen LogP) is 2.36. The number of ketones is 1. The summed E-state index contributed by atoms with van der Waals surface area (Å²) in [6.07, 6.45) is -1.94. The largest absolute Gasteiger partial charge is 0.293 e. The molecule has 0 amide bonds. The van der Waals surface area contributed by atoms with Gasteiger partial charge in [0.1, 0.15) is 5.69 Å². The SMILES string of the molecule is CC(=O)c1nccc(C(F)F)c1F. The van der Waals surface area contributed by atoms with E-state index < -0.39 is 29.3 Å². The molecule has 1 heterocycles. The number of hydrogen-bond acceptors (Lipinski definition) is 2. The summed E-state index contributed by atoms with van der Waals surface area (Å²) in [5, 5.41) is 0. The molecule has 0 aliphatic carbocycles. The van der Waals surface area contributed by atoms with Crippen LogP contribution in [0.3, 0.4) is 0 Å².